The Hall–Kier alpha value is -1.74. The molecule has 0 unspecified atom stereocenters. The average Bonchev–Trinajstić information content (AvgIpc) is 2.89. The number of halogens is 1. The molecule has 2 aromatic rings. The van der Waals surface area contributed by atoms with Crippen LogP contribution in [0.15, 0.2) is 11.4 Å². The standard InChI is InChI=1S/C8H8ClN7OS/c1-18-8-11-2-4(9)6(12-8)7(17)10-3-5-13-15-16-14-5/h2H,3H2,1H3,(H,10,17)(H,13,14,15,16). The molecule has 0 fully saturated rings. The normalized spacial score (nSPS) is 10.3. The van der Waals surface area contributed by atoms with E-state index < -0.39 is 5.91 Å². The molecule has 0 saturated carbocycles. The summed E-state index contributed by atoms with van der Waals surface area (Å²) in [6.45, 7) is 0.143. The zero-order valence-electron chi connectivity index (χ0n) is 9.21. The fraction of sp³-hybridized carbons (Fsp3) is 0.250. The van der Waals surface area contributed by atoms with Gasteiger partial charge in [-0.3, -0.25) is 4.79 Å². The summed E-state index contributed by atoms with van der Waals surface area (Å²) in [4.78, 5) is 19.8. The van der Waals surface area contributed by atoms with Gasteiger partial charge in [-0.15, -0.1) is 10.2 Å². The molecule has 2 heterocycles. The molecule has 10 heteroatoms. The van der Waals surface area contributed by atoms with E-state index >= 15 is 0 Å². The highest BCUT2D eigenvalue weighted by Crippen LogP contribution is 2.16. The van der Waals surface area contributed by atoms with Gasteiger partial charge in [0.2, 0.25) is 0 Å². The Morgan fingerprint density at radius 3 is 3.11 bits per heavy atom. The van der Waals surface area contributed by atoms with Crippen LogP contribution in [0.1, 0.15) is 16.3 Å². The lowest BCUT2D eigenvalue weighted by Crippen LogP contribution is -2.25. The third-order valence-electron chi connectivity index (χ3n) is 1.92. The molecular formula is C8H8ClN7OS. The van der Waals surface area contributed by atoms with E-state index in [2.05, 4.69) is 35.9 Å². The second-order valence-corrected chi connectivity index (χ2v) is 4.24. The molecule has 0 spiro atoms. The fourth-order valence-electron chi connectivity index (χ4n) is 1.11. The third-order valence-corrected chi connectivity index (χ3v) is 2.75. The summed E-state index contributed by atoms with van der Waals surface area (Å²) in [5.41, 5.74) is 0.125. The van der Waals surface area contributed by atoms with Gasteiger partial charge in [-0.05, 0) is 6.26 Å². The minimum absolute atomic E-state index is 0.125. The van der Waals surface area contributed by atoms with Crippen LogP contribution in [-0.4, -0.2) is 42.8 Å². The van der Waals surface area contributed by atoms with Gasteiger partial charge in [0, 0.05) is 0 Å². The van der Waals surface area contributed by atoms with E-state index in [0.29, 0.717) is 11.0 Å². The molecule has 0 atom stereocenters. The van der Waals surface area contributed by atoms with Crippen molar-refractivity contribution in [3.63, 3.8) is 0 Å². The predicted octanol–water partition coefficient (Wildman–Crippen LogP) is 0.295. The first-order valence-corrected chi connectivity index (χ1v) is 6.38. The van der Waals surface area contributed by atoms with Gasteiger partial charge in [-0.2, -0.15) is 5.21 Å². The number of nitrogens with zero attached hydrogens (tertiary/aromatic N) is 5. The number of aromatic nitrogens is 6. The molecule has 94 valence electrons. The van der Waals surface area contributed by atoms with Crippen molar-refractivity contribution in [3.05, 3.63) is 22.7 Å². The Morgan fingerprint density at radius 2 is 2.44 bits per heavy atom. The van der Waals surface area contributed by atoms with Gasteiger partial charge in [-0.25, -0.2) is 9.97 Å². The molecule has 2 aromatic heterocycles. The van der Waals surface area contributed by atoms with Crippen molar-refractivity contribution in [2.75, 3.05) is 6.26 Å². The molecule has 8 nitrogen and oxygen atoms in total. The van der Waals surface area contributed by atoms with Gasteiger partial charge >= 0.3 is 0 Å². The first-order valence-electron chi connectivity index (χ1n) is 4.77. The molecule has 2 N–H and O–H groups in total. The van der Waals surface area contributed by atoms with Gasteiger partial charge in [0.15, 0.2) is 16.7 Å². The van der Waals surface area contributed by atoms with E-state index in [1.807, 2.05) is 6.26 Å². The van der Waals surface area contributed by atoms with Crippen molar-refractivity contribution in [2.45, 2.75) is 11.7 Å². The van der Waals surface area contributed by atoms with E-state index in [-0.39, 0.29) is 17.3 Å². The van der Waals surface area contributed by atoms with Crippen molar-refractivity contribution in [1.82, 2.24) is 35.9 Å². The van der Waals surface area contributed by atoms with Crippen molar-refractivity contribution in [1.29, 1.82) is 0 Å². The summed E-state index contributed by atoms with van der Waals surface area (Å²) in [5.74, 6) is -0.0406. The number of nitrogens with one attached hydrogen (secondary N) is 2. The number of tetrazole rings is 1. The Balaban J connectivity index is 2.08. The van der Waals surface area contributed by atoms with Crippen LogP contribution in [-0.2, 0) is 6.54 Å². The largest absolute Gasteiger partial charge is 0.343 e. The number of thioether (sulfide) groups is 1. The Labute approximate surface area is 111 Å². The smallest absolute Gasteiger partial charge is 0.271 e. The molecule has 0 radical (unpaired) electrons. The fourth-order valence-corrected chi connectivity index (χ4v) is 1.63. The zero-order chi connectivity index (χ0) is 13.0. The topological polar surface area (TPSA) is 109 Å². The minimum Gasteiger partial charge on any atom is -0.343 e. The van der Waals surface area contributed by atoms with Crippen molar-refractivity contribution in [3.8, 4) is 0 Å². The monoisotopic (exact) mass is 285 g/mol. The minimum atomic E-state index is -0.414. The molecule has 0 saturated heterocycles. The van der Waals surface area contributed by atoms with E-state index in [0.717, 1.165) is 0 Å². The molecule has 0 bridgehead atoms. The Morgan fingerprint density at radius 1 is 1.61 bits per heavy atom. The van der Waals surface area contributed by atoms with Gasteiger partial charge < -0.3 is 5.32 Å². The lowest BCUT2D eigenvalue weighted by Gasteiger charge is -2.04. The highest BCUT2D eigenvalue weighted by molar-refractivity contribution is 7.98. The lowest BCUT2D eigenvalue weighted by molar-refractivity contribution is 0.0944. The summed E-state index contributed by atoms with van der Waals surface area (Å²) >= 11 is 7.19. The van der Waals surface area contributed by atoms with Crippen LogP contribution in [0.5, 0.6) is 0 Å². The van der Waals surface area contributed by atoms with Crippen LogP contribution < -0.4 is 5.32 Å². The summed E-state index contributed by atoms with van der Waals surface area (Å²) < 4.78 is 0. The molecule has 0 aliphatic heterocycles. The number of hydrogen-bond acceptors (Lipinski definition) is 7. The summed E-state index contributed by atoms with van der Waals surface area (Å²) in [6, 6.07) is 0. The van der Waals surface area contributed by atoms with Crippen molar-refractivity contribution in [2.24, 2.45) is 0 Å². The maximum Gasteiger partial charge on any atom is 0.271 e. The molecule has 0 aliphatic rings. The molecule has 0 aromatic carbocycles. The number of rotatable bonds is 4. The lowest BCUT2D eigenvalue weighted by atomic mass is 10.4. The maximum atomic E-state index is 11.8. The van der Waals surface area contributed by atoms with Crippen LogP contribution in [0.2, 0.25) is 5.02 Å². The van der Waals surface area contributed by atoms with Gasteiger partial charge in [0.25, 0.3) is 5.91 Å². The van der Waals surface area contributed by atoms with Crippen LogP contribution in [0.4, 0.5) is 0 Å². The highest BCUT2D eigenvalue weighted by atomic mass is 35.5. The van der Waals surface area contributed by atoms with Crippen LogP contribution >= 0.6 is 23.4 Å². The van der Waals surface area contributed by atoms with Crippen molar-refractivity contribution < 1.29 is 4.79 Å². The summed E-state index contributed by atoms with van der Waals surface area (Å²) in [6.07, 6.45) is 3.20. The second-order valence-electron chi connectivity index (χ2n) is 3.06. The third kappa shape index (κ3) is 2.93. The second kappa shape index (κ2) is 5.74. The highest BCUT2D eigenvalue weighted by Gasteiger charge is 2.14. The predicted molar refractivity (Wildman–Crippen MR) is 64.2 cm³/mol. The Kier molecular flexibility index (Phi) is 4.05. The first kappa shape index (κ1) is 12.7. The molecular weight excluding hydrogens is 278 g/mol. The zero-order valence-corrected chi connectivity index (χ0v) is 10.8. The van der Waals surface area contributed by atoms with Gasteiger partial charge in [-0.1, -0.05) is 28.6 Å². The van der Waals surface area contributed by atoms with E-state index in [9.17, 15) is 4.79 Å². The number of carbonyl (C=O) groups excluding carboxylic acids is 1. The average molecular weight is 286 g/mol. The molecule has 18 heavy (non-hydrogen) atoms. The van der Waals surface area contributed by atoms with Crippen LogP contribution in [0.3, 0.4) is 0 Å². The number of hydrogen-bond donors (Lipinski definition) is 2. The van der Waals surface area contributed by atoms with Gasteiger partial charge in [0.05, 0.1) is 17.8 Å². The van der Waals surface area contributed by atoms with Crippen LogP contribution in [0, 0.1) is 0 Å². The van der Waals surface area contributed by atoms with E-state index in [1.54, 1.807) is 0 Å². The quantitative estimate of drug-likeness (QED) is 0.614. The van der Waals surface area contributed by atoms with Crippen molar-refractivity contribution >= 4 is 29.3 Å². The van der Waals surface area contributed by atoms with E-state index in [4.69, 9.17) is 11.6 Å². The number of aromatic amines is 1. The summed E-state index contributed by atoms with van der Waals surface area (Å²) in [5, 5.41) is 16.3. The number of carbonyl (C=O) groups is 1. The Bertz CT molecular complexity index is 546. The number of H-pyrrole nitrogens is 1. The number of amides is 1. The molecule has 1 amide bonds. The van der Waals surface area contributed by atoms with E-state index in [1.165, 1.54) is 18.0 Å². The molecule has 2 rings (SSSR count). The maximum absolute atomic E-state index is 11.8. The molecule has 0 aliphatic carbocycles. The SMILES string of the molecule is CSc1ncc(Cl)c(C(=O)NCc2nn[nH]n2)n1. The summed E-state index contributed by atoms with van der Waals surface area (Å²) in [7, 11) is 0. The van der Waals surface area contributed by atoms with Crippen LogP contribution in [0.25, 0.3) is 0 Å². The van der Waals surface area contributed by atoms with Gasteiger partial charge in [0.1, 0.15) is 0 Å². The first-order chi connectivity index (χ1) is 8.70.